The average molecular weight is 552 g/mol. The van der Waals surface area contributed by atoms with E-state index in [1.165, 1.54) is 10.4 Å². The number of rotatable bonds is 11. The number of nitrogens with one attached hydrogen (secondary N) is 1. The second kappa shape index (κ2) is 13.6. The molecule has 0 atom stereocenters. The van der Waals surface area contributed by atoms with Gasteiger partial charge < -0.3 is 9.74 Å². The summed E-state index contributed by atoms with van der Waals surface area (Å²) < 4.78 is 7.05. The molecule has 0 saturated heterocycles. The van der Waals surface area contributed by atoms with Gasteiger partial charge in [0.15, 0.2) is 0 Å². The van der Waals surface area contributed by atoms with Crippen molar-refractivity contribution < 1.29 is 9.22 Å². The first-order valence-corrected chi connectivity index (χ1v) is 16.2. The van der Waals surface area contributed by atoms with E-state index < -0.39 is 8.32 Å². The number of hydrogen-bond acceptors (Lipinski definition) is 3. The summed E-state index contributed by atoms with van der Waals surface area (Å²) in [6.07, 6.45) is 1.37. The van der Waals surface area contributed by atoms with Crippen LogP contribution in [0, 0.1) is 0 Å². The molecule has 0 spiro atoms. The fourth-order valence-electron chi connectivity index (χ4n) is 4.85. The molecular formula is C34H37NO2SSi. The summed E-state index contributed by atoms with van der Waals surface area (Å²) in [5, 5.41) is 7.49. The number of carbonyl (C=O) groups excluding carboxylic acids is 1. The van der Waals surface area contributed by atoms with Crippen LogP contribution in [0.2, 0.25) is 5.04 Å². The summed E-state index contributed by atoms with van der Waals surface area (Å²) in [4.78, 5) is 14.4. The molecule has 0 aliphatic rings. The molecule has 4 aromatic rings. The lowest BCUT2D eigenvalue weighted by atomic mass is 10.1. The number of hydrogen-bond donors (Lipinski definition) is 1. The van der Waals surface area contributed by atoms with Crippen molar-refractivity contribution in [3.8, 4) is 0 Å². The third-order valence-corrected chi connectivity index (χ3v) is 12.7. The fraction of sp³-hybridized carbons (Fsp3) is 0.206. The molecule has 1 amide bonds. The SMILES string of the molecule is CC(C)(C)[Si](OCCCC(=CSc1ccccc1)C(=O)Nc1ccccc1)(c1ccccc1)c1ccccc1. The van der Waals surface area contributed by atoms with E-state index in [4.69, 9.17) is 4.43 Å². The van der Waals surface area contributed by atoms with Crippen LogP contribution in [-0.4, -0.2) is 20.8 Å². The topological polar surface area (TPSA) is 38.3 Å². The molecule has 200 valence electrons. The van der Waals surface area contributed by atoms with Gasteiger partial charge in [0, 0.05) is 22.8 Å². The Morgan fingerprint density at radius 1 is 0.769 bits per heavy atom. The first kappa shape index (κ1) is 28.6. The van der Waals surface area contributed by atoms with E-state index in [1.807, 2.05) is 53.9 Å². The number of anilines is 1. The standard InChI is InChI=1S/C34H37NO2SSi/c1-34(2,3)39(31-22-12-6-13-23-31,32-24-14-7-15-25-32)37-26-16-17-28(27-38-30-20-10-5-11-21-30)33(36)35-29-18-8-4-9-19-29/h4-15,18-25,27H,16-17,26H2,1-3H3,(H,35,36). The highest BCUT2D eigenvalue weighted by molar-refractivity contribution is 8.02. The van der Waals surface area contributed by atoms with E-state index in [1.54, 1.807) is 11.8 Å². The van der Waals surface area contributed by atoms with Gasteiger partial charge in [0.2, 0.25) is 0 Å². The predicted octanol–water partition coefficient (Wildman–Crippen LogP) is 7.66. The first-order chi connectivity index (χ1) is 18.9. The summed E-state index contributed by atoms with van der Waals surface area (Å²) in [7, 11) is -2.61. The van der Waals surface area contributed by atoms with Gasteiger partial charge in [0.25, 0.3) is 14.2 Å². The Balaban J connectivity index is 1.54. The predicted molar refractivity (Wildman–Crippen MR) is 168 cm³/mol. The zero-order chi connectivity index (χ0) is 27.6. The van der Waals surface area contributed by atoms with E-state index in [-0.39, 0.29) is 10.9 Å². The van der Waals surface area contributed by atoms with Gasteiger partial charge in [-0.15, -0.1) is 0 Å². The van der Waals surface area contributed by atoms with Crippen molar-refractivity contribution in [1.82, 2.24) is 0 Å². The highest BCUT2D eigenvalue weighted by atomic mass is 32.2. The van der Waals surface area contributed by atoms with Crippen molar-refractivity contribution in [2.45, 2.75) is 43.5 Å². The lowest BCUT2D eigenvalue weighted by Crippen LogP contribution is -2.66. The Morgan fingerprint density at radius 2 is 1.26 bits per heavy atom. The maximum Gasteiger partial charge on any atom is 0.261 e. The molecule has 4 aromatic carbocycles. The van der Waals surface area contributed by atoms with Crippen LogP contribution in [-0.2, 0) is 9.22 Å². The normalized spacial score (nSPS) is 12.2. The fourth-order valence-corrected chi connectivity index (χ4v) is 10.3. The zero-order valence-electron chi connectivity index (χ0n) is 23.0. The Morgan fingerprint density at radius 3 is 1.77 bits per heavy atom. The van der Waals surface area contributed by atoms with E-state index in [9.17, 15) is 4.79 Å². The largest absolute Gasteiger partial charge is 0.407 e. The lowest BCUT2D eigenvalue weighted by Gasteiger charge is -2.43. The van der Waals surface area contributed by atoms with Crippen LogP contribution < -0.4 is 15.7 Å². The molecule has 39 heavy (non-hydrogen) atoms. The average Bonchev–Trinajstić information content (AvgIpc) is 2.96. The van der Waals surface area contributed by atoms with Crippen molar-refractivity contribution in [2.24, 2.45) is 0 Å². The molecule has 0 unspecified atom stereocenters. The monoisotopic (exact) mass is 551 g/mol. The minimum absolute atomic E-state index is 0.0740. The van der Waals surface area contributed by atoms with Gasteiger partial charge in [0.1, 0.15) is 0 Å². The van der Waals surface area contributed by atoms with Crippen LogP contribution in [0.3, 0.4) is 0 Å². The molecule has 4 rings (SSSR count). The molecule has 0 saturated carbocycles. The summed E-state index contributed by atoms with van der Waals surface area (Å²) in [6.45, 7) is 7.43. The van der Waals surface area contributed by atoms with Crippen LogP contribution in [0.5, 0.6) is 0 Å². The third-order valence-electron chi connectivity index (χ3n) is 6.73. The quantitative estimate of drug-likeness (QED) is 0.0900. The highest BCUT2D eigenvalue weighted by Crippen LogP contribution is 2.37. The summed E-state index contributed by atoms with van der Waals surface area (Å²) >= 11 is 1.57. The summed E-state index contributed by atoms with van der Waals surface area (Å²) in [6, 6.07) is 41.1. The van der Waals surface area contributed by atoms with Gasteiger partial charge >= 0.3 is 0 Å². The Hall–Kier alpha value is -3.38. The molecule has 3 nitrogen and oxygen atoms in total. The van der Waals surface area contributed by atoms with Crippen LogP contribution >= 0.6 is 11.8 Å². The van der Waals surface area contributed by atoms with Crippen molar-refractivity contribution in [2.75, 3.05) is 11.9 Å². The smallest absolute Gasteiger partial charge is 0.261 e. The number of carbonyl (C=O) groups is 1. The maximum atomic E-state index is 13.3. The summed E-state index contributed by atoms with van der Waals surface area (Å²) in [5.41, 5.74) is 1.54. The van der Waals surface area contributed by atoms with E-state index >= 15 is 0 Å². The Labute approximate surface area is 238 Å². The summed E-state index contributed by atoms with van der Waals surface area (Å²) in [5.74, 6) is -0.0740. The Bertz CT molecular complexity index is 1300. The van der Waals surface area contributed by atoms with E-state index in [0.29, 0.717) is 13.0 Å². The maximum absolute atomic E-state index is 13.3. The van der Waals surface area contributed by atoms with Crippen LogP contribution in [0.4, 0.5) is 5.69 Å². The highest BCUT2D eigenvalue weighted by Gasteiger charge is 2.49. The molecule has 0 aliphatic carbocycles. The van der Waals surface area contributed by atoms with Crippen molar-refractivity contribution >= 4 is 42.0 Å². The minimum Gasteiger partial charge on any atom is -0.407 e. The van der Waals surface area contributed by atoms with Crippen LogP contribution in [0.15, 0.2) is 137 Å². The molecule has 0 radical (unpaired) electrons. The van der Waals surface area contributed by atoms with Gasteiger partial charge in [-0.2, -0.15) is 0 Å². The molecule has 0 heterocycles. The second-order valence-electron chi connectivity index (χ2n) is 10.5. The molecule has 1 N–H and O–H groups in total. The molecule has 0 aromatic heterocycles. The molecule has 0 bridgehead atoms. The van der Waals surface area contributed by atoms with Crippen molar-refractivity contribution in [1.29, 1.82) is 0 Å². The zero-order valence-corrected chi connectivity index (χ0v) is 24.8. The number of amides is 1. The molecule has 5 heteroatoms. The number of para-hydroxylation sites is 1. The lowest BCUT2D eigenvalue weighted by molar-refractivity contribution is -0.113. The first-order valence-electron chi connectivity index (χ1n) is 13.4. The Kier molecular flexibility index (Phi) is 9.99. The third kappa shape index (κ3) is 7.39. The second-order valence-corrected chi connectivity index (χ2v) is 15.8. The number of thioether (sulfide) groups is 1. The van der Waals surface area contributed by atoms with Crippen molar-refractivity contribution in [3.63, 3.8) is 0 Å². The van der Waals surface area contributed by atoms with E-state index in [0.717, 1.165) is 22.6 Å². The number of benzene rings is 4. The van der Waals surface area contributed by atoms with Gasteiger partial charge in [-0.25, -0.2) is 0 Å². The van der Waals surface area contributed by atoms with Crippen LogP contribution in [0.25, 0.3) is 0 Å². The van der Waals surface area contributed by atoms with Gasteiger partial charge in [-0.1, -0.05) is 130 Å². The van der Waals surface area contributed by atoms with Gasteiger partial charge in [0.05, 0.1) is 0 Å². The van der Waals surface area contributed by atoms with Gasteiger partial charge in [-0.3, -0.25) is 4.79 Å². The van der Waals surface area contributed by atoms with E-state index in [2.05, 4.69) is 98.9 Å². The van der Waals surface area contributed by atoms with Gasteiger partial charge in [-0.05, 0) is 57.9 Å². The molecular weight excluding hydrogens is 515 g/mol. The minimum atomic E-state index is -2.61. The molecule has 0 fully saturated rings. The van der Waals surface area contributed by atoms with Crippen molar-refractivity contribution in [3.05, 3.63) is 132 Å². The van der Waals surface area contributed by atoms with Crippen LogP contribution in [0.1, 0.15) is 33.6 Å². The molecule has 0 aliphatic heterocycles.